The highest BCUT2D eigenvalue weighted by Gasteiger charge is 2.16. The Hall–Kier alpha value is -4.40. The summed E-state index contributed by atoms with van der Waals surface area (Å²) in [6.45, 7) is 6.41. The Morgan fingerprint density at radius 2 is 1.76 bits per heavy atom. The van der Waals surface area contributed by atoms with Crippen molar-refractivity contribution in [1.82, 2.24) is 14.6 Å². The van der Waals surface area contributed by atoms with E-state index in [1.165, 1.54) is 5.56 Å². The van der Waals surface area contributed by atoms with Gasteiger partial charge in [0, 0.05) is 11.1 Å². The third-order valence-corrected chi connectivity index (χ3v) is 5.24. The molecule has 0 aliphatic carbocycles. The van der Waals surface area contributed by atoms with Gasteiger partial charge in [0.1, 0.15) is 0 Å². The van der Waals surface area contributed by atoms with Gasteiger partial charge in [0.2, 0.25) is 6.79 Å². The second-order valence-corrected chi connectivity index (χ2v) is 8.60. The Bertz CT molecular complexity index is 1340. The van der Waals surface area contributed by atoms with Gasteiger partial charge in [0.15, 0.2) is 23.0 Å². The van der Waals surface area contributed by atoms with Gasteiger partial charge in [0.25, 0.3) is 12.4 Å². The second-order valence-electron chi connectivity index (χ2n) is 8.60. The van der Waals surface area contributed by atoms with E-state index in [2.05, 4.69) is 36.2 Å². The summed E-state index contributed by atoms with van der Waals surface area (Å²) in [7, 11) is 0. The van der Waals surface area contributed by atoms with E-state index < -0.39 is 0 Å². The molecule has 2 N–H and O–H groups in total. The van der Waals surface area contributed by atoms with Crippen LogP contribution in [0.1, 0.15) is 36.7 Å². The number of ether oxygens (including phenoxy) is 2. The Kier molecular flexibility index (Phi) is 6.18. The van der Waals surface area contributed by atoms with Gasteiger partial charge in [-0.1, -0.05) is 32.9 Å². The van der Waals surface area contributed by atoms with Gasteiger partial charge in [-0.3, -0.25) is 9.59 Å². The first-order valence-corrected chi connectivity index (χ1v) is 10.5. The summed E-state index contributed by atoms with van der Waals surface area (Å²) in [4.78, 5) is 25.5. The van der Waals surface area contributed by atoms with Gasteiger partial charge >= 0.3 is 0 Å². The molecule has 0 atom stereocenters. The maximum Gasteiger partial charge on any atom is 0.290 e. The fourth-order valence-corrected chi connectivity index (χ4v) is 3.46. The number of nitrogens with zero attached hydrogens (tertiary/aromatic N) is 3. The van der Waals surface area contributed by atoms with Gasteiger partial charge < -0.3 is 19.9 Å². The van der Waals surface area contributed by atoms with Crippen molar-refractivity contribution in [2.45, 2.75) is 26.2 Å². The lowest BCUT2D eigenvalue weighted by Gasteiger charge is -2.18. The van der Waals surface area contributed by atoms with Crippen LogP contribution >= 0.6 is 0 Å². The molecule has 1 aliphatic rings. The van der Waals surface area contributed by atoms with E-state index in [4.69, 9.17) is 19.4 Å². The highest BCUT2D eigenvalue weighted by Crippen LogP contribution is 2.35. The summed E-state index contributed by atoms with van der Waals surface area (Å²) in [5.74, 6) is 1.67. The zero-order chi connectivity index (χ0) is 24.3. The third kappa shape index (κ3) is 4.83. The standard InChI is InChI=1S/C24H22N4O3.CH2O2/c1-24(2,3)17-7-4-15(5-8-17)23(29)26-21-13-28-22(25-21)11-9-18(27-28)16-6-10-19-20(12-16)31-14-30-19;2-1-3/h4-13H,14H2,1-3H3,(H,26,29);1H,(H,2,3). The molecule has 34 heavy (non-hydrogen) atoms. The normalized spacial score (nSPS) is 12.1. The molecule has 5 rings (SSSR count). The molecule has 2 aromatic carbocycles. The fraction of sp³-hybridized carbons (Fsp3) is 0.200. The third-order valence-electron chi connectivity index (χ3n) is 5.24. The molecular formula is C25H24N4O5. The van der Waals surface area contributed by atoms with Crippen molar-refractivity contribution in [3.63, 3.8) is 0 Å². The average molecular weight is 460 g/mol. The van der Waals surface area contributed by atoms with Crippen molar-refractivity contribution >= 4 is 23.8 Å². The molecule has 0 bridgehead atoms. The number of benzene rings is 2. The van der Waals surface area contributed by atoms with Crippen LogP contribution in [0.3, 0.4) is 0 Å². The van der Waals surface area contributed by atoms with Crippen LogP contribution in [0.4, 0.5) is 5.82 Å². The molecule has 1 aliphatic heterocycles. The van der Waals surface area contributed by atoms with E-state index in [1.54, 1.807) is 10.7 Å². The van der Waals surface area contributed by atoms with Gasteiger partial charge in [-0.25, -0.2) is 9.50 Å². The molecule has 0 fully saturated rings. The molecule has 4 aromatic rings. The number of fused-ring (bicyclic) bond motifs is 2. The fourth-order valence-electron chi connectivity index (χ4n) is 3.46. The van der Waals surface area contributed by atoms with E-state index in [-0.39, 0.29) is 24.6 Å². The Morgan fingerprint density at radius 3 is 2.47 bits per heavy atom. The number of imidazole rings is 1. The monoisotopic (exact) mass is 460 g/mol. The first-order valence-electron chi connectivity index (χ1n) is 10.5. The first kappa shape index (κ1) is 22.8. The zero-order valence-corrected chi connectivity index (χ0v) is 19.0. The largest absolute Gasteiger partial charge is 0.483 e. The summed E-state index contributed by atoms with van der Waals surface area (Å²) in [6, 6.07) is 17.1. The van der Waals surface area contributed by atoms with Crippen LogP contribution in [0.25, 0.3) is 16.9 Å². The number of anilines is 1. The molecule has 0 unspecified atom stereocenters. The molecule has 2 aromatic heterocycles. The first-order chi connectivity index (χ1) is 16.3. The molecule has 0 spiro atoms. The molecule has 1 amide bonds. The number of hydrogen-bond donors (Lipinski definition) is 2. The Morgan fingerprint density at radius 1 is 1.06 bits per heavy atom. The predicted octanol–water partition coefficient (Wildman–Crippen LogP) is 4.38. The molecule has 0 saturated carbocycles. The number of carboxylic acid groups (broad SMARTS) is 1. The molecular weight excluding hydrogens is 436 g/mol. The lowest BCUT2D eigenvalue weighted by Crippen LogP contribution is -2.14. The maximum atomic E-state index is 12.6. The van der Waals surface area contributed by atoms with Crippen LogP contribution in [0.15, 0.2) is 60.8 Å². The van der Waals surface area contributed by atoms with Crippen LogP contribution in [-0.2, 0) is 10.2 Å². The second kappa shape index (κ2) is 9.22. The van der Waals surface area contributed by atoms with Crippen molar-refractivity contribution in [3.8, 4) is 22.8 Å². The molecule has 9 nitrogen and oxygen atoms in total. The van der Waals surface area contributed by atoms with E-state index in [0.29, 0.717) is 22.8 Å². The highest BCUT2D eigenvalue weighted by atomic mass is 16.7. The van der Waals surface area contributed by atoms with Gasteiger partial charge in [0.05, 0.1) is 11.9 Å². The van der Waals surface area contributed by atoms with Gasteiger partial charge in [-0.05, 0) is 53.4 Å². The lowest BCUT2D eigenvalue weighted by molar-refractivity contribution is -0.122. The minimum absolute atomic E-state index is 0.0396. The van der Waals surface area contributed by atoms with Crippen molar-refractivity contribution in [3.05, 3.63) is 71.9 Å². The van der Waals surface area contributed by atoms with Crippen LogP contribution in [0, 0.1) is 0 Å². The topological polar surface area (TPSA) is 115 Å². The maximum absolute atomic E-state index is 12.6. The minimum Gasteiger partial charge on any atom is -0.483 e. The van der Waals surface area contributed by atoms with Crippen LogP contribution < -0.4 is 14.8 Å². The molecule has 0 radical (unpaired) electrons. The molecule has 0 saturated heterocycles. The summed E-state index contributed by atoms with van der Waals surface area (Å²) in [5, 5.41) is 14.4. The van der Waals surface area contributed by atoms with Crippen LogP contribution in [0.2, 0.25) is 0 Å². The van der Waals surface area contributed by atoms with Crippen LogP contribution in [-0.4, -0.2) is 38.9 Å². The zero-order valence-electron chi connectivity index (χ0n) is 19.0. The van der Waals surface area contributed by atoms with Crippen molar-refractivity contribution in [2.75, 3.05) is 12.1 Å². The quantitative estimate of drug-likeness (QED) is 0.436. The average Bonchev–Trinajstić information content (AvgIpc) is 3.44. The predicted molar refractivity (Wildman–Crippen MR) is 126 cm³/mol. The molecule has 3 heterocycles. The number of amides is 1. The minimum atomic E-state index is -0.250. The number of hydrogen-bond acceptors (Lipinski definition) is 6. The van der Waals surface area contributed by atoms with Crippen molar-refractivity contribution in [2.24, 2.45) is 0 Å². The van der Waals surface area contributed by atoms with Crippen LogP contribution in [0.5, 0.6) is 11.5 Å². The van der Waals surface area contributed by atoms with Gasteiger partial charge in [-0.2, -0.15) is 5.10 Å². The van der Waals surface area contributed by atoms with E-state index in [9.17, 15) is 4.79 Å². The Labute approximate surface area is 196 Å². The summed E-state index contributed by atoms with van der Waals surface area (Å²) in [6.07, 6.45) is 1.70. The SMILES string of the molecule is CC(C)(C)c1ccc(C(=O)Nc2cn3nc(-c4ccc5c(c4)OCO5)ccc3n2)cc1.O=CO. The van der Waals surface area contributed by atoms with Crippen molar-refractivity contribution in [1.29, 1.82) is 0 Å². The van der Waals surface area contributed by atoms with E-state index >= 15 is 0 Å². The van der Waals surface area contributed by atoms with E-state index in [1.807, 2.05) is 54.6 Å². The number of aromatic nitrogens is 3. The number of nitrogens with one attached hydrogen (secondary N) is 1. The summed E-state index contributed by atoms with van der Waals surface area (Å²) >= 11 is 0. The lowest BCUT2D eigenvalue weighted by atomic mass is 9.87. The van der Waals surface area contributed by atoms with Gasteiger partial charge in [-0.15, -0.1) is 0 Å². The van der Waals surface area contributed by atoms with Crippen molar-refractivity contribution < 1.29 is 24.2 Å². The number of carbonyl (C=O) groups is 2. The smallest absolute Gasteiger partial charge is 0.290 e. The number of carbonyl (C=O) groups excluding carboxylic acids is 1. The molecule has 174 valence electrons. The Balaban J connectivity index is 0.000000868. The molecule has 9 heteroatoms. The number of rotatable bonds is 3. The summed E-state index contributed by atoms with van der Waals surface area (Å²) < 4.78 is 12.5. The highest BCUT2D eigenvalue weighted by molar-refractivity contribution is 6.03. The van der Waals surface area contributed by atoms with E-state index in [0.717, 1.165) is 17.0 Å². The summed E-state index contributed by atoms with van der Waals surface area (Å²) in [5.41, 5.74) is 4.11.